The van der Waals surface area contributed by atoms with Gasteiger partial charge in [0.15, 0.2) is 4.80 Å². The lowest BCUT2D eigenvalue weighted by atomic mass is 9.94. The molecule has 0 saturated carbocycles. The van der Waals surface area contributed by atoms with Gasteiger partial charge in [0.05, 0.1) is 32.3 Å². The monoisotopic (exact) mass is 600 g/mol. The topological polar surface area (TPSA) is 127 Å². The fraction of sp³-hybridized carbons (Fsp3) is 0.269. The molecular formula is C26H25BrN4O6S. The summed E-state index contributed by atoms with van der Waals surface area (Å²) in [4.78, 5) is 44.9. The standard InChI is InChI=1S/C26H25BrN4O6S/c1-5-29(6-2)25(34)21-14(3)28-26-30(22(21)16-9-7-8-10-19(16)37-4)24(33)20(38-26)13-15-11-17(27)23(32)18(12-15)31(35)36/h7-13,22,32H,5-6H2,1-4H3/b20-13+/t22-/m0/s1. The maximum atomic E-state index is 13.9. The molecule has 2 aromatic carbocycles. The Morgan fingerprint density at radius 2 is 2.00 bits per heavy atom. The molecule has 0 radical (unpaired) electrons. The number of allylic oxidation sites excluding steroid dienone is 1. The number of likely N-dealkylation sites (N-methyl/N-ethyl adjacent to an activating group) is 1. The fourth-order valence-electron chi connectivity index (χ4n) is 4.44. The van der Waals surface area contributed by atoms with Crippen molar-refractivity contribution in [3.05, 3.63) is 93.1 Å². The Morgan fingerprint density at radius 3 is 2.63 bits per heavy atom. The first kappa shape index (κ1) is 27.3. The van der Waals surface area contributed by atoms with Gasteiger partial charge in [-0.1, -0.05) is 29.5 Å². The summed E-state index contributed by atoms with van der Waals surface area (Å²) in [5, 5.41) is 21.4. The van der Waals surface area contributed by atoms with E-state index in [0.29, 0.717) is 46.0 Å². The Kier molecular flexibility index (Phi) is 7.83. The van der Waals surface area contributed by atoms with Gasteiger partial charge in [0.25, 0.3) is 11.5 Å². The van der Waals surface area contributed by atoms with E-state index in [1.165, 1.54) is 29.9 Å². The van der Waals surface area contributed by atoms with Crippen LogP contribution >= 0.6 is 27.3 Å². The molecule has 1 N–H and O–H groups in total. The number of nitro groups is 1. The zero-order chi connectivity index (χ0) is 27.7. The molecule has 0 spiro atoms. The number of carbonyl (C=O) groups is 1. The van der Waals surface area contributed by atoms with Crippen molar-refractivity contribution in [2.24, 2.45) is 4.99 Å². The van der Waals surface area contributed by atoms with E-state index < -0.39 is 28.0 Å². The molecule has 1 aliphatic rings. The minimum Gasteiger partial charge on any atom is -0.501 e. The van der Waals surface area contributed by atoms with Gasteiger partial charge in [-0.05, 0) is 60.5 Å². The number of hydrogen-bond acceptors (Lipinski definition) is 8. The fourth-order valence-corrected chi connectivity index (χ4v) is 5.96. The first-order valence-corrected chi connectivity index (χ1v) is 13.3. The summed E-state index contributed by atoms with van der Waals surface area (Å²) in [6, 6.07) is 9.09. The second-order valence-electron chi connectivity index (χ2n) is 8.43. The summed E-state index contributed by atoms with van der Waals surface area (Å²) in [5.41, 5.74) is 0.946. The summed E-state index contributed by atoms with van der Waals surface area (Å²) in [6.07, 6.45) is 1.51. The Bertz CT molecular complexity index is 1650. The van der Waals surface area contributed by atoms with Crippen LogP contribution in [0.4, 0.5) is 5.69 Å². The van der Waals surface area contributed by atoms with Crippen LogP contribution in [0.5, 0.6) is 11.5 Å². The summed E-state index contributed by atoms with van der Waals surface area (Å²) < 4.78 is 7.47. The van der Waals surface area contributed by atoms with Crippen LogP contribution < -0.4 is 19.6 Å². The van der Waals surface area contributed by atoms with E-state index in [4.69, 9.17) is 4.74 Å². The number of benzene rings is 2. The Morgan fingerprint density at radius 1 is 1.32 bits per heavy atom. The van der Waals surface area contributed by atoms with Gasteiger partial charge in [-0.15, -0.1) is 0 Å². The number of aromatic nitrogens is 1. The Hall–Kier alpha value is -3.77. The van der Waals surface area contributed by atoms with E-state index in [-0.39, 0.29) is 14.9 Å². The van der Waals surface area contributed by atoms with Crippen LogP contribution in [0, 0.1) is 10.1 Å². The maximum absolute atomic E-state index is 13.9. The third-order valence-electron chi connectivity index (χ3n) is 6.30. The number of amides is 1. The van der Waals surface area contributed by atoms with Gasteiger partial charge in [0.1, 0.15) is 11.8 Å². The summed E-state index contributed by atoms with van der Waals surface area (Å²) in [7, 11) is 1.53. The largest absolute Gasteiger partial charge is 0.501 e. The number of carbonyl (C=O) groups excluding carboxylic acids is 1. The highest BCUT2D eigenvalue weighted by Gasteiger charge is 2.35. The summed E-state index contributed by atoms with van der Waals surface area (Å²) in [5.74, 6) is -0.204. The molecular weight excluding hydrogens is 576 g/mol. The van der Waals surface area contributed by atoms with Gasteiger partial charge >= 0.3 is 5.69 Å². The average molecular weight is 601 g/mol. The van der Waals surface area contributed by atoms with Crippen molar-refractivity contribution in [2.45, 2.75) is 26.8 Å². The lowest BCUT2D eigenvalue weighted by Gasteiger charge is -2.29. The minimum atomic E-state index is -0.793. The predicted molar refractivity (Wildman–Crippen MR) is 147 cm³/mol. The normalized spacial score (nSPS) is 15.2. The van der Waals surface area contributed by atoms with Crippen molar-refractivity contribution in [1.82, 2.24) is 9.47 Å². The van der Waals surface area contributed by atoms with E-state index >= 15 is 0 Å². The van der Waals surface area contributed by atoms with E-state index in [1.807, 2.05) is 32.0 Å². The van der Waals surface area contributed by atoms with Crippen LogP contribution in [0.25, 0.3) is 6.08 Å². The molecule has 0 unspecified atom stereocenters. The zero-order valence-corrected chi connectivity index (χ0v) is 23.5. The predicted octanol–water partition coefficient (Wildman–Crippen LogP) is 3.49. The van der Waals surface area contributed by atoms with Crippen molar-refractivity contribution >= 4 is 44.9 Å². The highest BCUT2D eigenvalue weighted by Crippen LogP contribution is 2.37. The second-order valence-corrected chi connectivity index (χ2v) is 10.3. The number of phenolic OH excluding ortho intramolecular Hbond substituents is 1. The number of para-hydroxylation sites is 1. The number of nitrogens with zero attached hydrogens (tertiary/aromatic N) is 4. The summed E-state index contributed by atoms with van der Waals surface area (Å²) >= 11 is 4.24. The quantitative estimate of drug-likeness (QED) is 0.327. The Balaban J connectivity index is 2.00. The SMILES string of the molecule is CCN(CC)C(=O)C1=C(C)N=c2s/c(=C/c3cc(Br)c(O)c([N+](=O)[O-])c3)c(=O)n2[C@H]1c1ccccc1OC. The van der Waals surface area contributed by atoms with Crippen molar-refractivity contribution < 1.29 is 19.6 Å². The van der Waals surface area contributed by atoms with Gasteiger partial charge in [-0.3, -0.25) is 24.3 Å². The summed E-state index contributed by atoms with van der Waals surface area (Å²) in [6.45, 7) is 6.50. The number of ether oxygens (including phenoxy) is 1. The first-order chi connectivity index (χ1) is 18.1. The number of halogens is 1. The van der Waals surface area contributed by atoms with Crippen LogP contribution in [0.2, 0.25) is 0 Å². The lowest BCUT2D eigenvalue weighted by Crippen LogP contribution is -2.43. The highest BCUT2D eigenvalue weighted by molar-refractivity contribution is 9.10. The molecule has 10 nitrogen and oxygen atoms in total. The number of rotatable bonds is 7. The van der Waals surface area contributed by atoms with E-state index in [0.717, 1.165) is 11.3 Å². The highest BCUT2D eigenvalue weighted by atomic mass is 79.9. The van der Waals surface area contributed by atoms with Crippen molar-refractivity contribution in [3.8, 4) is 11.5 Å². The molecule has 1 aliphatic heterocycles. The van der Waals surface area contributed by atoms with Gasteiger partial charge < -0.3 is 14.7 Å². The number of phenols is 1. The smallest absolute Gasteiger partial charge is 0.312 e. The number of fused-ring (bicyclic) bond motifs is 1. The molecule has 0 fully saturated rings. The number of hydrogen-bond donors (Lipinski definition) is 1. The van der Waals surface area contributed by atoms with Gasteiger partial charge in [0, 0.05) is 24.7 Å². The number of nitro benzene ring substituents is 1. The van der Waals surface area contributed by atoms with Crippen LogP contribution in [0.15, 0.2) is 61.9 Å². The molecule has 3 aromatic rings. The van der Waals surface area contributed by atoms with Crippen molar-refractivity contribution in [2.75, 3.05) is 20.2 Å². The molecule has 1 amide bonds. The lowest BCUT2D eigenvalue weighted by molar-refractivity contribution is -0.386. The molecule has 4 rings (SSSR count). The first-order valence-electron chi connectivity index (χ1n) is 11.7. The van der Waals surface area contributed by atoms with Gasteiger partial charge in [-0.25, -0.2) is 4.99 Å². The maximum Gasteiger partial charge on any atom is 0.312 e. The average Bonchev–Trinajstić information content (AvgIpc) is 3.19. The van der Waals surface area contributed by atoms with Gasteiger partial charge in [0.2, 0.25) is 5.75 Å². The molecule has 0 aliphatic carbocycles. The molecule has 0 bridgehead atoms. The van der Waals surface area contributed by atoms with E-state index in [2.05, 4.69) is 20.9 Å². The third kappa shape index (κ3) is 4.76. The Labute approximate surface area is 230 Å². The number of aromatic hydroxyl groups is 1. The van der Waals surface area contributed by atoms with Crippen molar-refractivity contribution in [3.63, 3.8) is 0 Å². The molecule has 1 aromatic heterocycles. The van der Waals surface area contributed by atoms with Gasteiger partial charge in [-0.2, -0.15) is 0 Å². The molecule has 1 atom stereocenters. The zero-order valence-electron chi connectivity index (χ0n) is 21.1. The van der Waals surface area contributed by atoms with Crippen LogP contribution in [-0.2, 0) is 4.79 Å². The minimum absolute atomic E-state index is 0.126. The number of thiazole rings is 1. The van der Waals surface area contributed by atoms with Crippen LogP contribution in [-0.4, -0.2) is 45.6 Å². The second kappa shape index (κ2) is 10.9. The molecule has 0 saturated heterocycles. The molecule has 12 heteroatoms. The van der Waals surface area contributed by atoms with E-state index in [1.54, 1.807) is 17.9 Å². The van der Waals surface area contributed by atoms with Crippen molar-refractivity contribution in [1.29, 1.82) is 0 Å². The van der Waals surface area contributed by atoms with Crippen LogP contribution in [0.1, 0.15) is 37.9 Å². The number of methoxy groups -OCH3 is 1. The third-order valence-corrected chi connectivity index (χ3v) is 7.88. The molecule has 38 heavy (non-hydrogen) atoms. The van der Waals surface area contributed by atoms with E-state index in [9.17, 15) is 24.8 Å². The van der Waals surface area contributed by atoms with Crippen LogP contribution in [0.3, 0.4) is 0 Å². The molecule has 2 heterocycles. The molecule has 198 valence electrons.